The summed E-state index contributed by atoms with van der Waals surface area (Å²) in [5.74, 6) is 0.763. The van der Waals surface area contributed by atoms with E-state index in [1.54, 1.807) is 0 Å². The van der Waals surface area contributed by atoms with E-state index in [1.165, 1.54) is 18.5 Å². The normalized spacial score (nSPS) is 15.0. The molecule has 0 unspecified atom stereocenters. The molecule has 1 heterocycles. The third-order valence-corrected chi connectivity index (χ3v) is 2.61. The molecule has 3 nitrogen and oxygen atoms in total. The Labute approximate surface area is 89.9 Å². The predicted molar refractivity (Wildman–Crippen MR) is 59.0 cm³/mol. The first-order valence-electron chi connectivity index (χ1n) is 5.25. The monoisotopic (exact) mass is 202 g/mol. The van der Waals surface area contributed by atoms with Gasteiger partial charge in [-0.05, 0) is 37.1 Å². The predicted octanol–water partition coefficient (Wildman–Crippen LogP) is 2.19. The molecule has 0 spiro atoms. The van der Waals surface area contributed by atoms with Gasteiger partial charge >= 0.3 is 0 Å². The lowest BCUT2D eigenvalue weighted by molar-refractivity contribution is 0.368. The van der Waals surface area contributed by atoms with Crippen molar-refractivity contribution in [3.63, 3.8) is 0 Å². The third-order valence-electron chi connectivity index (χ3n) is 2.61. The standard InChI is InChI=1S/C12H14N2O/c13-7-10-15-12-5-3-11(4-6-12)14-8-1-2-9-14/h3-6H,1-2,8-10H2. The van der Waals surface area contributed by atoms with E-state index in [0.717, 1.165) is 18.8 Å². The van der Waals surface area contributed by atoms with Crippen LogP contribution in [-0.4, -0.2) is 19.7 Å². The van der Waals surface area contributed by atoms with Crippen LogP contribution in [0.25, 0.3) is 0 Å². The van der Waals surface area contributed by atoms with Crippen molar-refractivity contribution in [1.82, 2.24) is 0 Å². The zero-order valence-electron chi connectivity index (χ0n) is 8.65. The van der Waals surface area contributed by atoms with Crippen LogP contribution < -0.4 is 9.64 Å². The number of nitrogens with zero attached hydrogens (tertiary/aromatic N) is 2. The fourth-order valence-corrected chi connectivity index (χ4v) is 1.84. The number of anilines is 1. The van der Waals surface area contributed by atoms with Gasteiger partial charge in [-0.3, -0.25) is 0 Å². The van der Waals surface area contributed by atoms with Gasteiger partial charge in [0.05, 0.1) is 0 Å². The van der Waals surface area contributed by atoms with Gasteiger partial charge in [0, 0.05) is 18.8 Å². The lowest BCUT2D eigenvalue weighted by Gasteiger charge is -2.17. The molecule has 15 heavy (non-hydrogen) atoms. The van der Waals surface area contributed by atoms with Gasteiger partial charge in [-0.1, -0.05) is 0 Å². The molecule has 0 atom stereocenters. The molecule has 78 valence electrons. The van der Waals surface area contributed by atoms with Crippen LogP contribution in [0, 0.1) is 11.3 Å². The van der Waals surface area contributed by atoms with Gasteiger partial charge < -0.3 is 9.64 Å². The maximum atomic E-state index is 8.37. The Balaban J connectivity index is 2.00. The number of rotatable bonds is 3. The second-order valence-corrected chi connectivity index (χ2v) is 3.63. The van der Waals surface area contributed by atoms with Crippen LogP contribution in [0.2, 0.25) is 0 Å². The highest BCUT2D eigenvalue weighted by atomic mass is 16.5. The first kappa shape index (κ1) is 9.85. The summed E-state index contributed by atoms with van der Waals surface area (Å²) < 4.78 is 5.19. The highest BCUT2D eigenvalue weighted by Crippen LogP contribution is 2.22. The molecule has 1 aromatic rings. The summed E-state index contributed by atoms with van der Waals surface area (Å²) in [6.07, 6.45) is 2.57. The fourth-order valence-electron chi connectivity index (χ4n) is 1.84. The maximum absolute atomic E-state index is 8.37. The minimum atomic E-state index is 0.114. The van der Waals surface area contributed by atoms with E-state index in [9.17, 15) is 0 Å². The van der Waals surface area contributed by atoms with Gasteiger partial charge in [-0.25, -0.2) is 0 Å². The molecule has 0 aliphatic carbocycles. The van der Waals surface area contributed by atoms with Crippen LogP contribution in [-0.2, 0) is 0 Å². The smallest absolute Gasteiger partial charge is 0.174 e. The van der Waals surface area contributed by atoms with Crippen LogP contribution in [0.3, 0.4) is 0 Å². The van der Waals surface area contributed by atoms with Crippen LogP contribution in [0.1, 0.15) is 12.8 Å². The lowest BCUT2D eigenvalue weighted by atomic mass is 10.3. The molecule has 3 heteroatoms. The van der Waals surface area contributed by atoms with Crippen LogP contribution in [0.15, 0.2) is 24.3 Å². The average Bonchev–Trinajstić information content (AvgIpc) is 2.80. The molecule has 1 aliphatic heterocycles. The van der Waals surface area contributed by atoms with Crippen LogP contribution >= 0.6 is 0 Å². The average molecular weight is 202 g/mol. The number of ether oxygens (including phenoxy) is 1. The van der Waals surface area contributed by atoms with Crippen LogP contribution in [0.5, 0.6) is 5.75 Å². The van der Waals surface area contributed by atoms with Crippen molar-refractivity contribution in [2.45, 2.75) is 12.8 Å². The van der Waals surface area contributed by atoms with E-state index in [0.29, 0.717) is 0 Å². The third kappa shape index (κ3) is 2.41. The van der Waals surface area contributed by atoms with Crippen molar-refractivity contribution in [3.8, 4) is 11.8 Å². The first-order chi connectivity index (χ1) is 7.40. The zero-order chi connectivity index (χ0) is 10.5. The van der Waals surface area contributed by atoms with E-state index in [1.807, 2.05) is 18.2 Å². The molecule has 1 saturated heterocycles. The summed E-state index contributed by atoms with van der Waals surface area (Å²) in [7, 11) is 0. The highest BCUT2D eigenvalue weighted by Gasteiger charge is 2.11. The minimum Gasteiger partial charge on any atom is -0.479 e. The molecule has 0 aromatic heterocycles. The van der Waals surface area contributed by atoms with E-state index >= 15 is 0 Å². The highest BCUT2D eigenvalue weighted by molar-refractivity contribution is 5.49. The van der Waals surface area contributed by atoms with Crippen molar-refractivity contribution >= 4 is 5.69 Å². The number of benzene rings is 1. The SMILES string of the molecule is N#CCOc1ccc(N2CCCC2)cc1. The largest absolute Gasteiger partial charge is 0.479 e. The van der Waals surface area contributed by atoms with Crippen molar-refractivity contribution in [1.29, 1.82) is 5.26 Å². The minimum absolute atomic E-state index is 0.114. The molecule has 0 radical (unpaired) electrons. The number of hydrogen-bond acceptors (Lipinski definition) is 3. The van der Waals surface area contributed by atoms with Crippen LogP contribution in [0.4, 0.5) is 5.69 Å². The molecule has 0 bridgehead atoms. The Morgan fingerprint density at radius 2 is 1.87 bits per heavy atom. The Bertz CT molecular complexity index is 347. The van der Waals surface area contributed by atoms with E-state index < -0.39 is 0 Å². The summed E-state index contributed by atoms with van der Waals surface area (Å²) in [4.78, 5) is 2.37. The molecule has 0 saturated carbocycles. The Hall–Kier alpha value is -1.69. The second kappa shape index (κ2) is 4.70. The zero-order valence-corrected chi connectivity index (χ0v) is 8.65. The summed E-state index contributed by atoms with van der Waals surface area (Å²) >= 11 is 0. The first-order valence-corrected chi connectivity index (χ1v) is 5.25. The topological polar surface area (TPSA) is 36.3 Å². The van der Waals surface area contributed by atoms with Gasteiger partial charge in [0.15, 0.2) is 6.61 Å². The van der Waals surface area contributed by atoms with Crippen molar-refractivity contribution < 1.29 is 4.74 Å². The molecule has 1 aromatic carbocycles. The Morgan fingerprint density at radius 1 is 1.20 bits per heavy atom. The molecule has 0 amide bonds. The van der Waals surface area contributed by atoms with E-state index in [2.05, 4.69) is 17.0 Å². The fraction of sp³-hybridized carbons (Fsp3) is 0.417. The van der Waals surface area contributed by atoms with E-state index in [4.69, 9.17) is 10.00 Å². The maximum Gasteiger partial charge on any atom is 0.174 e. The van der Waals surface area contributed by atoms with Gasteiger partial charge in [0.2, 0.25) is 0 Å². The van der Waals surface area contributed by atoms with Crippen molar-refractivity contribution in [3.05, 3.63) is 24.3 Å². The number of nitriles is 1. The molecule has 2 rings (SSSR count). The Kier molecular flexibility index (Phi) is 3.08. The van der Waals surface area contributed by atoms with Crippen molar-refractivity contribution in [2.75, 3.05) is 24.6 Å². The van der Waals surface area contributed by atoms with Gasteiger partial charge in [0.1, 0.15) is 11.8 Å². The van der Waals surface area contributed by atoms with Gasteiger partial charge in [-0.2, -0.15) is 5.26 Å². The molecule has 1 aliphatic rings. The van der Waals surface area contributed by atoms with Gasteiger partial charge in [0.25, 0.3) is 0 Å². The summed E-state index contributed by atoms with van der Waals surface area (Å²) in [5, 5.41) is 8.37. The lowest BCUT2D eigenvalue weighted by Crippen LogP contribution is -2.17. The quantitative estimate of drug-likeness (QED) is 0.753. The van der Waals surface area contributed by atoms with E-state index in [-0.39, 0.29) is 6.61 Å². The summed E-state index contributed by atoms with van der Waals surface area (Å²) in [6.45, 7) is 2.42. The summed E-state index contributed by atoms with van der Waals surface area (Å²) in [5.41, 5.74) is 1.25. The van der Waals surface area contributed by atoms with Gasteiger partial charge in [-0.15, -0.1) is 0 Å². The van der Waals surface area contributed by atoms with Crippen molar-refractivity contribution in [2.24, 2.45) is 0 Å². The Morgan fingerprint density at radius 3 is 2.47 bits per heavy atom. The molecular formula is C12H14N2O. The second-order valence-electron chi connectivity index (χ2n) is 3.63. The molecule has 1 fully saturated rings. The number of hydrogen-bond donors (Lipinski definition) is 0. The molecule has 0 N–H and O–H groups in total. The molecular weight excluding hydrogens is 188 g/mol. The summed E-state index contributed by atoms with van der Waals surface area (Å²) in [6, 6.07) is 9.90.